The molecule has 1 aliphatic rings. The molecule has 1 heterocycles. The van der Waals surface area contributed by atoms with Crippen molar-refractivity contribution in [1.82, 2.24) is 15.3 Å². The number of carbonyl (C=O) groups is 2. The molecule has 1 aromatic heterocycles. The van der Waals surface area contributed by atoms with Gasteiger partial charge in [-0.25, -0.2) is 4.98 Å². The average molecular weight is 493 g/mol. The third kappa shape index (κ3) is 4.79. The summed E-state index contributed by atoms with van der Waals surface area (Å²) in [6.45, 7) is 0. The Labute approximate surface area is 206 Å². The molecule has 6 nitrogen and oxygen atoms in total. The lowest BCUT2D eigenvalue weighted by Gasteiger charge is -2.11. The van der Waals surface area contributed by atoms with E-state index < -0.39 is 0 Å². The predicted octanol–water partition coefficient (Wildman–Crippen LogP) is 6.46. The van der Waals surface area contributed by atoms with E-state index in [-0.39, 0.29) is 17.9 Å². The van der Waals surface area contributed by atoms with Crippen molar-refractivity contribution in [2.75, 3.05) is 5.32 Å². The monoisotopic (exact) mass is 492 g/mol. The Morgan fingerprint density at radius 3 is 2.29 bits per heavy atom. The maximum Gasteiger partial charge on any atom is 0.255 e. The number of H-pyrrole nitrogens is 1. The lowest BCUT2D eigenvalue weighted by atomic mass is 10.1. The molecule has 0 atom stereocenters. The zero-order valence-electron chi connectivity index (χ0n) is 18.2. The lowest BCUT2D eigenvalue weighted by molar-refractivity contribution is 0.0937. The van der Waals surface area contributed by atoms with Crippen LogP contribution in [0, 0.1) is 0 Å². The number of aromatic nitrogens is 2. The smallest absolute Gasteiger partial charge is 0.255 e. The molecule has 1 aliphatic carbocycles. The number of nitrogens with one attached hydrogen (secondary N) is 3. The Kier molecular flexibility index (Phi) is 6.26. The number of hydrogen-bond donors (Lipinski definition) is 3. The fourth-order valence-electron chi connectivity index (χ4n) is 4.18. The predicted molar refractivity (Wildman–Crippen MR) is 136 cm³/mol. The molecule has 3 N–H and O–H groups in total. The van der Waals surface area contributed by atoms with Crippen molar-refractivity contribution in [3.8, 4) is 11.4 Å². The minimum absolute atomic E-state index is 0.0491. The Morgan fingerprint density at radius 1 is 0.853 bits per heavy atom. The van der Waals surface area contributed by atoms with Gasteiger partial charge in [-0.2, -0.15) is 0 Å². The number of anilines is 1. The first-order valence-electron chi connectivity index (χ1n) is 11.1. The van der Waals surface area contributed by atoms with E-state index in [1.54, 1.807) is 30.3 Å². The van der Waals surface area contributed by atoms with Gasteiger partial charge in [0, 0.05) is 28.4 Å². The maximum absolute atomic E-state index is 12.6. The molecule has 34 heavy (non-hydrogen) atoms. The SMILES string of the molecule is O=C(Nc1ccc(-c2nc3ccc(C(=O)NC4CCCC4)cc3[nH]2)cc1)c1ccc(Cl)c(Cl)c1. The largest absolute Gasteiger partial charge is 0.349 e. The van der Waals surface area contributed by atoms with Gasteiger partial charge < -0.3 is 15.6 Å². The van der Waals surface area contributed by atoms with Gasteiger partial charge >= 0.3 is 0 Å². The van der Waals surface area contributed by atoms with E-state index in [1.807, 2.05) is 24.3 Å². The molecular formula is C26H22Cl2N4O2. The molecule has 2 amide bonds. The second-order valence-electron chi connectivity index (χ2n) is 8.43. The molecule has 0 radical (unpaired) electrons. The van der Waals surface area contributed by atoms with Crippen LogP contribution in [0.2, 0.25) is 10.0 Å². The van der Waals surface area contributed by atoms with Gasteiger partial charge in [0.2, 0.25) is 0 Å². The average Bonchev–Trinajstić information content (AvgIpc) is 3.50. The summed E-state index contributed by atoms with van der Waals surface area (Å²) >= 11 is 11.9. The van der Waals surface area contributed by atoms with E-state index in [0.29, 0.717) is 32.7 Å². The summed E-state index contributed by atoms with van der Waals surface area (Å²) in [5, 5.41) is 6.69. The summed E-state index contributed by atoms with van der Waals surface area (Å²) < 4.78 is 0. The molecule has 4 aromatic rings. The normalized spacial score (nSPS) is 13.8. The molecular weight excluding hydrogens is 471 g/mol. The number of nitrogens with zero attached hydrogens (tertiary/aromatic N) is 1. The topological polar surface area (TPSA) is 86.9 Å². The zero-order valence-corrected chi connectivity index (χ0v) is 19.7. The number of carbonyl (C=O) groups excluding carboxylic acids is 2. The third-order valence-electron chi connectivity index (χ3n) is 6.03. The van der Waals surface area contributed by atoms with Gasteiger partial charge in [0.25, 0.3) is 11.8 Å². The summed E-state index contributed by atoms with van der Waals surface area (Å²) in [5.41, 5.74) is 4.12. The molecule has 5 rings (SSSR count). The van der Waals surface area contributed by atoms with Crippen molar-refractivity contribution < 1.29 is 9.59 Å². The van der Waals surface area contributed by atoms with Crippen LogP contribution in [-0.2, 0) is 0 Å². The number of imidazole rings is 1. The zero-order chi connectivity index (χ0) is 23.7. The van der Waals surface area contributed by atoms with Crippen LogP contribution in [0.1, 0.15) is 46.4 Å². The lowest BCUT2D eigenvalue weighted by Crippen LogP contribution is -2.32. The summed E-state index contributed by atoms with van der Waals surface area (Å²) in [7, 11) is 0. The molecule has 172 valence electrons. The number of aromatic amines is 1. The first-order chi connectivity index (χ1) is 16.5. The molecule has 0 saturated heterocycles. The Balaban J connectivity index is 1.30. The number of benzene rings is 3. The van der Waals surface area contributed by atoms with E-state index in [0.717, 1.165) is 29.4 Å². The van der Waals surface area contributed by atoms with Gasteiger partial charge in [-0.05, 0) is 73.5 Å². The van der Waals surface area contributed by atoms with Gasteiger partial charge in [-0.15, -0.1) is 0 Å². The third-order valence-corrected chi connectivity index (χ3v) is 6.77. The standard InChI is InChI=1S/C26H22Cl2N4O2/c27-20-11-7-16(13-21(20)28)25(33)30-19-9-5-15(6-10-19)24-31-22-12-8-17(14-23(22)32-24)26(34)29-18-3-1-2-4-18/h5-14,18H,1-4H2,(H,29,34)(H,30,33)(H,31,32). The number of hydrogen-bond acceptors (Lipinski definition) is 3. The van der Waals surface area contributed by atoms with E-state index >= 15 is 0 Å². The number of amides is 2. The van der Waals surface area contributed by atoms with Crippen molar-refractivity contribution in [1.29, 1.82) is 0 Å². The van der Waals surface area contributed by atoms with E-state index in [4.69, 9.17) is 23.2 Å². The minimum atomic E-state index is -0.279. The second kappa shape index (κ2) is 9.49. The molecule has 8 heteroatoms. The fraction of sp³-hybridized carbons (Fsp3) is 0.192. The van der Waals surface area contributed by atoms with Gasteiger partial charge in [-0.3, -0.25) is 9.59 Å². The van der Waals surface area contributed by atoms with Gasteiger partial charge in [0.15, 0.2) is 0 Å². The van der Waals surface area contributed by atoms with Crippen LogP contribution >= 0.6 is 23.2 Å². The van der Waals surface area contributed by atoms with Gasteiger partial charge in [0.05, 0.1) is 21.1 Å². The van der Waals surface area contributed by atoms with E-state index in [9.17, 15) is 9.59 Å². The molecule has 1 saturated carbocycles. The van der Waals surface area contributed by atoms with Crippen molar-refractivity contribution in [3.63, 3.8) is 0 Å². The highest BCUT2D eigenvalue weighted by atomic mass is 35.5. The first kappa shape index (κ1) is 22.4. The highest BCUT2D eigenvalue weighted by Crippen LogP contribution is 2.25. The number of fused-ring (bicyclic) bond motifs is 1. The Hall–Kier alpha value is -3.35. The maximum atomic E-state index is 12.6. The second-order valence-corrected chi connectivity index (χ2v) is 9.25. The van der Waals surface area contributed by atoms with Crippen LogP contribution in [0.4, 0.5) is 5.69 Å². The quantitative estimate of drug-likeness (QED) is 0.298. The van der Waals surface area contributed by atoms with Crippen LogP contribution in [0.15, 0.2) is 60.7 Å². The summed E-state index contributed by atoms with van der Waals surface area (Å²) in [4.78, 5) is 33.0. The van der Waals surface area contributed by atoms with E-state index in [2.05, 4.69) is 20.6 Å². The van der Waals surface area contributed by atoms with Gasteiger partial charge in [-0.1, -0.05) is 36.0 Å². The van der Waals surface area contributed by atoms with Crippen molar-refractivity contribution in [2.45, 2.75) is 31.7 Å². The molecule has 3 aromatic carbocycles. The van der Waals surface area contributed by atoms with Crippen LogP contribution in [0.3, 0.4) is 0 Å². The Bertz CT molecular complexity index is 1380. The molecule has 0 unspecified atom stereocenters. The van der Waals surface area contributed by atoms with Crippen LogP contribution in [0.25, 0.3) is 22.4 Å². The fourth-order valence-corrected chi connectivity index (χ4v) is 4.48. The highest BCUT2D eigenvalue weighted by molar-refractivity contribution is 6.42. The van der Waals surface area contributed by atoms with Crippen molar-refractivity contribution in [3.05, 3.63) is 81.8 Å². The number of rotatable bonds is 5. The molecule has 0 bridgehead atoms. The minimum Gasteiger partial charge on any atom is -0.349 e. The van der Waals surface area contributed by atoms with Crippen LogP contribution in [0.5, 0.6) is 0 Å². The number of halogens is 2. The van der Waals surface area contributed by atoms with Crippen molar-refractivity contribution in [2.24, 2.45) is 0 Å². The van der Waals surface area contributed by atoms with Crippen molar-refractivity contribution >= 4 is 51.7 Å². The summed E-state index contributed by atoms with van der Waals surface area (Å²) in [6, 6.07) is 17.9. The summed E-state index contributed by atoms with van der Waals surface area (Å²) in [5.74, 6) is 0.358. The van der Waals surface area contributed by atoms with Gasteiger partial charge in [0.1, 0.15) is 5.82 Å². The molecule has 1 fully saturated rings. The van der Waals surface area contributed by atoms with E-state index in [1.165, 1.54) is 18.9 Å². The highest BCUT2D eigenvalue weighted by Gasteiger charge is 2.18. The van der Waals surface area contributed by atoms with Crippen LogP contribution in [-0.4, -0.2) is 27.8 Å². The Morgan fingerprint density at radius 2 is 1.56 bits per heavy atom. The van der Waals surface area contributed by atoms with Crippen LogP contribution < -0.4 is 10.6 Å². The molecule has 0 spiro atoms. The first-order valence-corrected chi connectivity index (χ1v) is 11.9. The summed E-state index contributed by atoms with van der Waals surface area (Å²) in [6.07, 6.45) is 4.44. The molecule has 0 aliphatic heterocycles.